The minimum Gasteiger partial charge on any atom is -0.485 e. The zero-order valence-corrected chi connectivity index (χ0v) is 10.0. The van der Waals surface area contributed by atoms with Crippen LogP contribution in [0.5, 0.6) is 5.75 Å². The van der Waals surface area contributed by atoms with Crippen LogP contribution < -0.4 is 10.5 Å². The van der Waals surface area contributed by atoms with Gasteiger partial charge in [0.25, 0.3) is 0 Å². The van der Waals surface area contributed by atoms with Crippen molar-refractivity contribution in [3.05, 3.63) is 46.2 Å². The molecule has 5 nitrogen and oxygen atoms in total. The highest BCUT2D eigenvalue weighted by molar-refractivity contribution is 7.09. The second-order valence-electron chi connectivity index (χ2n) is 3.39. The molecule has 0 saturated carbocycles. The Morgan fingerprint density at radius 2 is 2.39 bits per heavy atom. The molecule has 18 heavy (non-hydrogen) atoms. The van der Waals surface area contributed by atoms with Crippen LogP contribution in [0.1, 0.15) is 10.4 Å². The molecule has 3 N–H and O–H groups in total. The molecule has 94 valence electrons. The molecule has 1 aromatic heterocycles. The molecular formula is C11H10FN3O2S. The Morgan fingerprint density at radius 1 is 1.56 bits per heavy atom. The maximum absolute atomic E-state index is 13.6. The number of oxime groups is 1. The van der Waals surface area contributed by atoms with E-state index in [1.54, 1.807) is 11.7 Å². The minimum absolute atomic E-state index is 0.109. The number of amidine groups is 1. The molecular weight excluding hydrogens is 257 g/mol. The molecule has 0 saturated heterocycles. The number of nitrogens with two attached hydrogens (primary N) is 1. The summed E-state index contributed by atoms with van der Waals surface area (Å²) in [6.45, 7) is 0.254. The van der Waals surface area contributed by atoms with Crippen molar-refractivity contribution in [1.82, 2.24) is 4.98 Å². The van der Waals surface area contributed by atoms with Crippen LogP contribution in [0.3, 0.4) is 0 Å². The van der Waals surface area contributed by atoms with Gasteiger partial charge >= 0.3 is 0 Å². The molecule has 2 aromatic rings. The molecule has 0 bridgehead atoms. The Balaban J connectivity index is 2.10. The molecule has 0 fully saturated rings. The van der Waals surface area contributed by atoms with Crippen molar-refractivity contribution in [3.8, 4) is 5.75 Å². The van der Waals surface area contributed by atoms with Gasteiger partial charge in [-0.1, -0.05) is 5.16 Å². The zero-order chi connectivity index (χ0) is 13.0. The minimum atomic E-state index is -0.566. The third kappa shape index (κ3) is 2.75. The lowest BCUT2D eigenvalue weighted by Gasteiger charge is -2.07. The van der Waals surface area contributed by atoms with E-state index in [1.165, 1.54) is 23.5 Å². The lowest BCUT2D eigenvalue weighted by molar-refractivity contribution is 0.293. The smallest absolute Gasteiger partial charge is 0.170 e. The van der Waals surface area contributed by atoms with E-state index in [0.717, 1.165) is 10.9 Å². The van der Waals surface area contributed by atoms with Crippen LogP contribution in [-0.4, -0.2) is 16.0 Å². The van der Waals surface area contributed by atoms with Gasteiger partial charge in [-0.2, -0.15) is 0 Å². The van der Waals surface area contributed by atoms with Crippen LogP contribution in [0.15, 0.2) is 35.1 Å². The number of rotatable bonds is 4. The second kappa shape index (κ2) is 5.46. The monoisotopic (exact) mass is 267 g/mol. The van der Waals surface area contributed by atoms with E-state index >= 15 is 0 Å². The van der Waals surface area contributed by atoms with Crippen molar-refractivity contribution in [2.45, 2.75) is 6.61 Å². The van der Waals surface area contributed by atoms with E-state index in [0.29, 0.717) is 5.56 Å². The van der Waals surface area contributed by atoms with Crippen molar-refractivity contribution in [3.63, 3.8) is 0 Å². The van der Waals surface area contributed by atoms with Crippen LogP contribution in [0.4, 0.5) is 4.39 Å². The van der Waals surface area contributed by atoms with Crippen LogP contribution in [0.2, 0.25) is 0 Å². The Bertz CT molecular complexity index is 557. The van der Waals surface area contributed by atoms with Gasteiger partial charge in [-0.15, -0.1) is 11.3 Å². The summed E-state index contributed by atoms with van der Waals surface area (Å²) in [6.07, 6.45) is 1.66. The average Bonchev–Trinajstić information content (AvgIpc) is 2.89. The largest absolute Gasteiger partial charge is 0.485 e. The van der Waals surface area contributed by atoms with Crippen LogP contribution in [0.25, 0.3) is 0 Å². The first-order valence-corrected chi connectivity index (χ1v) is 5.86. The first kappa shape index (κ1) is 12.3. The van der Waals surface area contributed by atoms with E-state index in [-0.39, 0.29) is 18.2 Å². The summed E-state index contributed by atoms with van der Waals surface area (Å²) >= 11 is 1.43. The molecule has 0 spiro atoms. The topological polar surface area (TPSA) is 80.7 Å². The maximum Gasteiger partial charge on any atom is 0.170 e. The van der Waals surface area contributed by atoms with Gasteiger partial charge in [0.1, 0.15) is 6.61 Å². The van der Waals surface area contributed by atoms with E-state index in [1.807, 2.05) is 0 Å². The molecule has 0 aliphatic carbocycles. The molecule has 7 heteroatoms. The fraction of sp³-hybridized carbons (Fsp3) is 0.0909. The summed E-state index contributed by atoms with van der Waals surface area (Å²) in [4.78, 5) is 4.79. The molecule has 0 unspecified atom stereocenters. The Labute approximate surface area is 106 Å². The summed E-state index contributed by atoms with van der Waals surface area (Å²) in [7, 11) is 0. The lowest BCUT2D eigenvalue weighted by Crippen LogP contribution is -2.13. The number of ether oxygens (including phenoxy) is 1. The Kier molecular flexibility index (Phi) is 3.73. The number of halogens is 1. The van der Waals surface area contributed by atoms with Gasteiger partial charge in [-0.05, 0) is 18.2 Å². The highest BCUT2D eigenvalue weighted by Crippen LogP contribution is 2.20. The van der Waals surface area contributed by atoms with Gasteiger partial charge in [0.15, 0.2) is 17.4 Å². The highest BCUT2D eigenvalue weighted by Gasteiger charge is 2.08. The van der Waals surface area contributed by atoms with Crippen molar-refractivity contribution in [2.24, 2.45) is 10.9 Å². The Hall–Kier alpha value is -2.15. The summed E-state index contributed by atoms with van der Waals surface area (Å²) in [5.74, 6) is -0.607. The van der Waals surface area contributed by atoms with Gasteiger partial charge in [0, 0.05) is 11.8 Å². The van der Waals surface area contributed by atoms with E-state index in [2.05, 4.69) is 10.1 Å². The number of aromatic nitrogens is 1. The fourth-order valence-corrected chi connectivity index (χ4v) is 1.80. The third-order valence-electron chi connectivity index (χ3n) is 2.19. The number of benzene rings is 1. The van der Waals surface area contributed by atoms with Crippen LogP contribution in [-0.2, 0) is 6.61 Å². The molecule has 0 radical (unpaired) electrons. The predicted octanol–water partition coefficient (Wildman–Crippen LogP) is 1.96. The molecule has 0 amide bonds. The van der Waals surface area contributed by atoms with Gasteiger partial charge in [0.05, 0.1) is 10.4 Å². The summed E-state index contributed by atoms with van der Waals surface area (Å²) in [6, 6.07) is 4.10. The van der Waals surface area contributed by atoms with E-state index in [4.69, 9.17) is 15.7 Å². The first-order chi connectivity index (χ1) is 8.70. The second-order valence-corrected chi connectivity index (χ2v) is 4.36. The van der Waals surface area contributed by atoms with Crippen molar-refractivity contribution in [1.29, 1.82) is 0 Å². The summed E-state index contributed by atoms with van der Waals surface area (Å²) in [5, 5.41) is 11.3. The lowest BCUT2D eigenvalue weighted by atomic mass is 10.2. The first-order valence-electron chi connectivity index (χ1n) is 4.98. The summed E-state index contributed by atoms with van der Waals surface area (Å²) < 4.78 is 18.9. The SMILES string of the molecule is N/C(=N/O)c1ccc(OCc2cncs2)c(F)c1. The molecule has 2 rings (SSSR count). The maximum atomic E-state index is 13.6. The molecule has 0 aliphatic rings. The molecule has 0 atom stereocenters. The van der Waals surface area contributed by atoms with Gasteiger partial charge in [-0.25, -0.2) is 4.39 Å². The average molecular weight is 267 g/mol. The predicted molar refractivity (Wildman–Crippen MR) is 65.4 cm³/mol. The number of nitrogens with zero attached hydrogens (tertiary/aromatic N) is 2. The number of thiazole rings is 1. The third-order valence-corrected chi connectivity index (χ3v) is 2.94. The van der Waals surface area contributed by atoms with E-state index < -0.39 is 5.82 Å². The molecule has 1 heterocycles. The fourth-order valence-electron chi connectivity index (χ4n) is 1.30. The highest BCUT2D eigenvalue weighted by atomic mass is 32.1. The summed E-state index contributed by atoms with van der Waals surface area (Å²) in [5.41, 5.74) is 7.32. The number of hydrogen-bond donors (Lipinski definition) is 2. The van der Waals surface area contributed by atoms with Gasteiger partial charge < -0.3 is 15.7 Å². The van der Waals surface area contributed by atoms with Crippen LogP contribution in [0, 0.1) is 5.82 Å². The standard InChI is InChI=1S/C11H10FN3O2S/c12-9-3-7(11(13)15-16)1-2-10(9)17-5-8-4-14-6-18-8/h1-4,6,16H,5H2,(H2,13,15). The Morgan fingerprint density at radius 3 is 3.00 bits per heavy atom. The molecule has 0 aliphatic heterocycles. The normalized spacial score (nSPS) is 11.5. The molecule has 1 aromatic carbocycles. The zero-order valence-electron chi connectivity index (χ0n) is 9.21. The van der Waals surface area contributed by atoms with Gasteiger partial charge in [-0.3, -0.25) is 4.98 Å². The van der Waals surface area contributed by atoms with Crippen molar-refractivity contribution < 1.29 is 14.3 Å². The van der Waals surface area contributed by atoms with Gasteiger partial charge in [0.2, 0.25) is 0 Å². The van der Waals surface area contributed by atoms with Crippen LogP contribution >= 0.6 is 11.3 Å². The van der Waals surface area contributed by atoms with E-state index in [9.17, 15) is 4.39 Å². The van der Waals surface area contributed by atoms with Crippen molar-refractivity contribution >= 4 is 17.2 Å². The number of hydrogen-bond acceptors (Lipinski definition) is 5. The quantitative estimate of drug-likeness (QED) is 0.384. The van der Waals surface area contributed by atoms with Crippen molar-refractivity contribution in [2.75, 3.05) is 0 Å².